The van der Waals surface area contributed by atoms with E-state index in [0.717, 1.165) is 0 Å². The van der Waals surface area contributed by atoms with Crippen LogP contribution in [0.2, 0.25) is 0 Å². The first kappa shape index (κ1) is 18.7. The van der Waals surface area contributed by atoms with Crippen molar-refractivity contribution in [3.8, 4) is 0 Å². The highest BCUT2D eigenvalue weighted by atomic mass is 31.2. The van der Waals surface area contributed by atoms with Crippen molar-refractivity contribution in [1.82, 2.24) is 0 Å². The van der Waals surface area contributed by atoms with E-state index in [1.54, 1.807) is 6.92 Å². The first-order chi connectivity index (χ1) is 5.68. The lowest BCUT2D eigenvalue weighted by Gasteiger charge is -1.90. The molecule has 1 unspecified atom stereocenters. The quantitative estimate of drug-likeness (QED) is 0.293. The number of hydrogen-bond acceptors (Lipinski definition) is 4. The summed E-state index contributed by atoms with van der Waals surface area (Å²) in [7, 11) is -4.64. The maximum absolute atomic E-state index is 8.88. The number of aliphatic hydroxyl groups is 3. The Morgan fingerprint density at radius 1 is 1.23 bits per heavy atom. The van der Waals surface area contributed by atoms with E-state index in [4.69, 9.17) is 34.6 Å². The van der Waals surface area contributed by atoms with Gasteiger partial charge in [0.05, 0.1) is 12.7 Å². The van der Waals surface area contributed by atoms with Crippen LogP contribution in [0.15, 0.2) is 0 Å². The van der Waals surface area contributed by atoms with Crippen molar-refractivity contribution in [2.75, 3.05) is 13.2 Å². The fourth-order valence-corrected chi connectivity index (χ4v) is 0. The van der Waals surface area contributed by atoms with Crippen LogP contribution in [-0.2, 0) is 4.57 Å². The third-order valence-corrected chi connectivity index (χ3v) is 0.264. The predicted octanol–water partition coefficient (Wildman–Crippen LogP) is -1.57. The van der Waals surface area contributed by atoms with Crippen molar-refractivity contribution in [3.05, 3.63) is 0 Å². The molecule has 0 spiro atoms. The molecule has 84 valence electrons. The van der Waals surface area contributed by atoms with Gasteiger partial charge in [-0.2, -0.15) is 0 Å². The Morgan fingerprint density at radius 2 is 1.31 bits per heavy atom. The minimum atomic E-state index is -4.64. The van der Waals surface area contributed by atoms with Gasteiger partial charge in [0.25, 0.3) is 0 Å². The minimum absolute atomic E-state index is 0.139. The minimum Gasteiger partial charge on any atom is -0.397 e. The monoisotopic (exact) mass is 220 g/mol. The lowest BCUT2D eigenvalue weighted by Crippen LogP contribution is -2.03. The van der Waals surface area contributed by atoms with Crippen molar-refractivity contribution in [1.29, 1.82) is 0 Å². The molecule has 8 heteroatoms. The first-order valence-electron chi connectivity index (χ1n) is 3.37. The Labute approximate surface area is 76.5 Å². The molecule has 0 aromatic carbocycles. The summed E-state index contributed by atoms with van der Waals surface area (Å²) in [5.41, 5.74) is 0. The molecule has 0 aliphatic heterocycles. The molecular formula is C5H17O7P. The van der Waals surface area contributed by atoms with Crippen LogP contribution in [-0.4, -0.2) is 49.3 Å². The molecule has 0 aliphatic carbocycles. The largest absolute Gasteiger partial charge is 0.466 e. The van der Waals surface area contributed by atoms with E-state index in [1.165, 1.54) is 6.92 Å². The van der Waals surface area contributed by atoms with E-state index in [9.17, 15) is 0 Å². The van der Waals surface area contributed by atoms with Gasteiger partial charge in [0.1, 0.15) is 0 Å². The maximum atomic E-state index is 8.88. The second-order valence-corrected chi connectivity index (χ2v) is 2.89. The van der Waals surface area contributed by atoms with Gasteiger partial charge in [0, 0.05) is 6.61 Å². The van der Waals surface area contributed by atoms with Gasteiger partial charge in [-0.25, -0.2) is 4.57 Å². The average Bonchev–Trinajstić information content (AvgIpc) is 1.85. The highest BCUT2D eigenvalue weighted by molar-refractivity contribution is 7.45. The van der Waals surface area contributed by atoms with Crippen LogP contribution in [0.1, 0.15) is 13.8 Å². The Kier molecular flexibility index (Phi) is 17.3. The molecule has 0 rings (SSSR count). The van der Waals surface area contributed by atoms with Gasteiger partial charge in [-0.05, 0) is 13.8 Å². The third-order valence-electron chi connectivity index (χ3n) is 0.264. The van der Waals surface area contributed by atoms with E-state index >= 15 is 0 Å². The summed E-state index contributed by atoms with van der Waals surface area (Å²) in [5, 5.41) is 23.6. The lowest BCUT2D eigenvalue weighted by molar-refractivity contribution is 0.110. The number of phosphoric acid groups is 1. The molecule has 0 aliphatic rings. The number of rotatable bonds is 1. The molecule has 0 aromatic rings. The Balaban J connectivity index is -0.000000120. The van der Waals surface area contributed by atoms with E-state index < -0.39 is 13.9 Å². The standard InChI is InChI=1S/C3H8O2.C2H6O.H3O4P/c1-3(5)2-4;1-2-3;1-5(2,3)4/h3-5H,2H2,1H3;3H,2H2,1H3;(H3,1,2,3,4). The van der Waals surface area contributed by atoms with Gasteiger partial charge in [0.15, 0.2) is 0 Å². The van der Waals surface area contributed by atoms with Gasteiger partial charge in [-0.1, -0.05) is 0 Å². The second-order valence-electron chi connectivity index (χ2n) is 1.86. The average molecular weight is 220 g/mol. The Hall–Kier alpha value is -0.0100. The molecule has 1 atom stereocenters. The molecule has 0 radical (unpaired) electrons. The van der Waals surface area contributed by atoms with Crippen LogP contribution in [0.3, 0.4) is 0 Å². The van der Waals surface area contributed by atoms with Crippen molar-refractivity contribution in [3.63, 3.8) is 0 Å². The summed E-state index contributed by atoms with van der Waals surface area (Å²) in [4.78, 5) is 21.6. The smallest absolute Gasteiger partial charge is 0.397 e. The Bertz CT molecular complexity index is 112. The van der Waals surface area contributed by atoms with Crippen LogP contribution in [0.4, 0.5) is 0 Å². The van der Waals surface area contributed by atoms with Gasteiger partial charge < -0.3 is 30.0 Å². The molecule has 0 saturated heterocycles. The Morgan fingerprint density at radius 3 is 1.31 bits per heavy atom. The topological polar surface area (TPSA) is 138 Å². The highest BCUT2D eigenvalue weighted by Gasteiger charge is 2.00. The van der Waals surface area contributed by atoms with Crippen LogP contribution in [0, 0.1) is 0 Å². The van der Waals surface area contributed by atoms with Gasteiger partial charge in [-0.15, -0.1) is 0 Å². The summed E-state index contributed by atoms with van der Waals surface area (Å²) < 4.78 is 8.88. The molecular weight excluding hydrogens is 203 g/mol. The van der Waals surface area contributed by atoms with E-state index in [-0.39, 0.29) is 13.2 Å². The molecule has 13 heavy (non-hydrogen) atoms. The molecule has 0 aromatic heterocycles. The molecule has 0 amide bonds. The fraction of sp³-hybridized carbons (Fsp3) is 1.00. The zero-order valence-electron chi connectivity index (χ0n) is 7.53. The summed E-state index contributed by atoms with van der Waals surface area (Å²) >= 11 is 0. The normalized spacial score (nSPS) is 11.7. The molecule has 0 saturated carbocycles. The fourth-order valence-electron chi connectivity index (χ4n) is 0. The summed E-state index contributed by atoms with van der Waals surface area (Å²) in [6, 6.07) is 0. The zero-order valence-corrected chi connectivity index (χ0v) is 8.42. The van der Waals surface area contributed by atoms with Gasteiger partial charge in [0.2, 0.25) is 0 Å². The SMILES string of the molecule is CC(O)CO.CCO.O=P(O)(O)O. The van der Waals surface area contributed by atoms with Crippen LogP contribution in [0.5, 0.6) is 0 Å². The molecule has 0 bridgehead atoms. The number of aliphatic hydroxyl groups excluding tert-OH is 3. The molecule has 6 N–H and O–H groups in total. The van der Waals surface area contributed by atoms with Crippen molar-refractivity contribution in [2.45, 2.75) is 20.0 Å². The van der Waals surface area contributed by atoms with Crippen LogP contribution in [0.25, 0.3) is 0 Å². The van der Waals surface area contributed by atoms with Crippen molar-refractivity contribution in [2.24, 2.45) is 0 Å². The van der Waals surface area contributed by atoms with Gasteiger partial charge in [-0.3, -0.25) is 0 Å². The molecule has 0 heterocycles. The van der Waals surface area contributed by atoms with Gasteiger partial charge >= 0.3 is 7.82 Å². The summed E-state index contributed by atoms with van der Waals surface area (Å²) in [5.74, 6) is 0. The number of hydrogen-bond donors (Lipinski definition) is 6. The summed E-state index contributed by atoms with van der Waals surface area (Å²) in [6.45, 7) is 3.32. The third kappa shape index (κ3) is 302. The van der Waals surface area contributed by atoms with Crippen LogP contribution >= 0.6 is 7.82 Å². The highest BCUT2D eigenvalue weighted by Crippen LogP contribution is 2.25. The van der Waals surface area contributed by atoms with E-state index in [1.807, 2.05) is 0 Å². The van der Waals surface area contributed by atoms with E-state index in [2.05, 4.69) is 0 Å². The van der Waals surface area contributed by atoms with Crippen molar-refractivity contribution >= 4 is 7.82 Å². The maximum Gasteiger partial charge on any atom is 0.466 e. The predicted molar refractivity (Wildman–Crippen MR) is 45.8 cm³/mol. The van der Waals surface area contributed by atoms with Crippen LogP contribution < -0.4 is 0 Å². The first-order valence-corrected chi connectivity index (χ1v) is 4.93. The zero-order chi connectivity index (χ0) is 11.5. The lowest BCUT2D eigenvalue weighted by atomic mass is 10.5. The van der Waals surface area contributed by atoms with Crippen molar-refractivity contribution < 1.29 is 34.6 Å². The molecule has 0 fully saturated rings. The van der Waals surface area contributed by atoms with E-state index in [0.29, 0.717) is 0 Å². The summed E-state index contributed by atoms with van der Waals surface area (Å²) in [6.07, 6.45) is -0.560. The second kappa shape index (κ2) is 12.0. The molecule has 7 nitrogen and oxygen atoms in total.